The highest BCUT2D eigenvalue weighted by atomic mass is 35.5. The van der Waals surface area contributed by atoms with Gasteiger partial charge in [-0.1, -0.05) is 30.9 Å². The van der Waals surface area contributed by atoms with Gasteiger partial charge >= 0.3 is 0 Å². The molecule has 0 atom stereocenters. The average molecular weight is 237 g/mol. The molecule has 2 nitrogen and oxygen atoms in total. The van der Waals surface area contributed by atoms with Crippen molar-refractivity contribution >= 4 is 23.5 Å². The second kappa shape index (κ2) is 5.35. The van der Waals surface area contributed by atoms with Crippen molar-refractivity contribution in [2.75, 3.05) is 5.73 Å². The lowest BCUT2D eigenvalue weighted by Gasteiger charge is -2.17. The van der Waals surface area contributed by atoms with Crippen LogP contribution in [0.2, 0.25) is 5.02 Å². The molecule has 1 fully saturated rings. The van der Waals surface area contributed by atoms with Crippen LogP contribution in [0.4, 0.5) is 5.69 Å². The maximum atomic E-state index is 5.92. The smallest absolute Gasteiger partial charge is 0.0499 e. The van der Waals surface area contributed by atoms with Gasteiger partial charge in [0.05, 0.1) is 0 Å². The fourth-order valence-corrected chi connectivity index (χ4v) is 2.25. The van der Waals surface area contributed by atoms with Crippen molar-refractivity contribution in [2.24, 2.45) is 4.99 Å². The van der Waals surface area contributed by atoms with Crippen molar-refractivity contribution in [3.05, 3.63) is 28.8 Å². The monoisotopic (exact) mass is 236 g/mol. The molecule has 3 heteroatoms. The largest absolute Gasteiger partial charge is 0.398 e. The highest BCUT2D eigenvalue weighted by molar-refractivity contribution is 6.31. The summed E-state index contributed by atoms with van der Waals surface area (Å²) in [5, 5.41) is 0.708. The quantitative estimate of drug-likeness (QED) is 0.618. The van der Waals surface area contributed by atoms with Crippen molar-refractivity contribution < 1.29 is 0 Å². The number of halogens is 1. The third-order valence-electron chi connectivity index (χ3n) is 3.05. The fourth-order valence-electron chi connectivity index (χ4n) is 2.07. The first-order chi connectivity index (χ1) is 7.75. The Balaban J connectivity index is 2.07. The molecule has 86 valence electrons. The number of hydrogen-bond donors (Lipinski definition) is 1. The van der Waals surface area contributed by atoms with Gasteiger partial charge in [0.25, 0.3) is 0 Å². The molecule has 16 heavy (non-hydrogen) atoms. The Morgan fingerprint density at radius 3 is 2.75 bits per heavy atom. The fraction of sp³-hybridized carbons (Fsp3) is 0.462. The summed E-state index contributed by atoms with van der Waals surface area (Å²) in [5.74, 6) is 0. The highest BCUT2D eigenvalue weighted by Gasteiger charge is 2.10. The summed E-state index contributed by atoms with van der Waals surface area (Å²) < 4.78 is 0. The van der Waals surface area contributed by atoms with E-state index in [0.717, 1.165) is 11.3 Å². The van der Waals surface area contributed by atoms with Crippen LogP contribution in [0.1, 0.15) is 37.7 Å². The highest BCUT2D eigenvalue weighted by Crippen LogP contribution is 2.21. The van der Waals surface area contributed by atoms with Gasteiger partial charge in [-0.25, -0.2) is 0 Å². The normalized spacial score (nSPS) is 18.1. The molecule has 0 unspecified atom stereocenters. The number of anilines is 1. The van der Waals surface area contributed by atoms with Crippen LogP contribution in [0.5, 0.6) is 0 Å². The molecule has 0 radical (unpaired) electrons. The van der Waals surface area contributed by atoms with Gasteiger partial charge < -0.3 is 5.73 Å². The standard InChI is InChI=1S/C13H17ClN2/c14-11-6-7-13(15)10(8-11)9-16-12-4-2-1-3-5-12/h6-9,12H,1-5,15H2. The molecule has 1 aromatic carbocycles. The molecule has 0 amide bonds. The average Bonchev–Trinajstić information content (AvgIpc) is 2.32. The Morgan fingerprint density at radius 2 is 2.00 bits per heavy atom. The molecule has 2 N–H and O–H groups in total. The van der Waals surface area contributed by atoms with E-state index >= 15 is 0 Å². The first-order valence-electron chi connectivity index (χ1n) is 5.84. The van der Waals surface area contributed by atoms with Crippen LogP contribution in [0.25, 0.3) is 0 Å². The van der Waals surface area contributed by atoms with Gasteiger partial charge in [0.1, 0.15) is 0 Å². The number of benzene rings is 1. The van der Waals surface area contributed by atoms with Gasteiger partial charge in [-0.3, -0.25) is 4.99 Å². The maximum absolute atomic E-state index is 5.92. The van der Waals surface area contributed by atoms with Gasteiger partial charge in [-0.15, -0.1) is 0 Å². The number of aliphatic imine (C=N–C) groups is 1. The van der Waals surface area contributed by atoms with Crippen molar-refractivity contribution in [2.45, 2.75) is 38.1 Å². The van der Waals surface area contributed by atoms with E-state index in [-0.39, 0.29) is 0 Å². The minimum Gasteiger partial charge on any atom is -0.398 e. The minimum atomic E-state index is 0.479. The van der Waals surface area contributed by atoms with E-state index in [9.17, 15) is 0 Å². The Morgan fingerprint density at radius 1 is 1.25 bits per heavy atom. The Hall–Kier alpha value is -1.02. The van der Waals surface area contributed by atoms with Crippen LogP contribution in [0.15, 0.2) is 23.2 Å². The van der Waals surface area contributed by atoms with Crippen LogP contribution >= 0.6 is 11.6 Å². The molecule has 1 aromatic rings. The number of hydrogen-bond acceptors (Lipinski definition) is 2. The number of nitrogen functional groups attached to an aromatic ring is 1. The zero-order chi connectivity index (χ0) is 11.4. The molecule has 0 saturated heterocycles. The van der Waals surface area contributed by atoms with Crippen LogP contribution in [-0.2, 0) is 0 Å². The molecule has 0 aromatic heterocycles. The third kappa shape index (κ3) is 2.99. The Bertz CT molecular complexity index is 382. The zero-order valence-corrected chi connectivity index (χ0v) is 10.1. The summed E-state index contributed by atoms with van der Waals surface area (Å²) in [6.45, 7) is 0. The minimum absolute atomic E-state index is 0.479. The van der Waals surface area contributed by atoms with Gasteiger partial charge in [0.15, 0.2) is 0 Å². The van der Waals surface area contributed by atoms with Crippen molar-refractivity contribution in [3.8, 4) is 0 Å². The summed E-state index contributed by atoms with van der Waals surface area (Å²) in [7, 11) is 0. The molecule has 1 aliphatic carbocycles. The lowest BCUT2D eigenvalue weighted by molar-refractivity contribution is 0.444. The van der Waals surface area contributed by atoms with E-state index < -0.39 is 0 Å². The molecule has 2 rings (SSSR count). The topological polar surface area (TPSA) is 38.4 Å². The van der Waals surface area contributed by atoms with Gasteiger partial charge in [0, 0.05) is 28.5 Å². The van der Waals surface area contributed by atoms with Crippen molar-refractivity contribution in [1.29, 1.82) is 0 Å². The lowest BCUT2D eigenvalue weighted by atomic mass is 9.96. The van der Waals surface area contributed by atoms with Crippen LogP contribution in [0.3, 0.4) is 0 Å². The van der Waals surface area contributed by atoms with Crippen molar-refractivity contribution in [3.63, 3.8) is 0 Å². The summed E-state index contributed by atoms with van der Waals surface area (Å²) >= 11 is 5.92. The van der Waals surface area contributed by atoms with Gasteiger partial charge in [-0.05, 0) is 31.0 Å². The maximum Gasteiger partial charge on any atom is 0.0499 e. The zero-order valence-electron chi connectivity index (χ0n) is 9.32. The predicted octanol–water partition coefficient (Wildman–Crippen LogP) is 3.67. The van der Waals surface area contributed by atoms with E-state index in [1.807, 2.05) is 18.3 Å². The van der Waals surface area contributed by atoms with E-state index in [2.05, 4.69) is 4.99 Å². The van der Waals surface area contributed by atoms with E-state index in [0.29, 0.717) is 11.1 Å². The lowest BCUT2D eigenvalue weighted by Crippen LogP contribution is -2.09. The number of nitrogens with zero attached hydrogens (tertiary/aromatic N) is 1. The number of rotatable bonds is 2. The van der Waals surface area contributed by atoms with Gasteiger partial charge in [0.2, 0.25) is 0 Å². The summed E-state index contributed by atoms with van der Waals surface area (Å²) in [4.78, 5) is 4.59. The third-order valence-corrected chi connectivity index (χ3v) is 3.28. The molecular weight excluding hydrogens is 220 g/mol. The van der Waals surface area contributed by atoms with E-state index in [4.69, 9.17) is 17.3 Å². The molecule has 1 aliphatic rings. The van der Waals surface area contributed by atoms with Crippen LogP contribution in [-0.4, -0.2) is 12.3 Å². The number of nitrogens with two attached hydrogens (primary N) is 1. The summed E-state index contributed by atoms with van der Waals surface area (Å²) in [6.07, 6.45) is 8.23. The summed E-state index contributed by atoms with van der Waals surface area (Å²) in [6, 6.07) is 5.97. The molecular formula is C13H17ClN2. The first-order valence-corrected chi connectivity index (χ1v) is 6.22. The Kier molecular flexibility index (Phi) is 3.83. The molecule has 0 bridgehead atoms. The summed E-state index contributed by atoms with van der Waals surface area (Å²) in [5.41, 5.74) is 7.52. The second-order valence-electron chi connectivity index (χ2n) is 4.34. The predicted molar refractivity (Wildman–Crippen MR) is 70.3 cm³/mol. The van der Waals surface area contributed by atoms with E-state index in [1.54, 1.807) is 6.07 Å². The second-order valence-corrected chi connectivity index (χ2v) is 4.78. The first kappa shape index (κ1) is 11.5. The molecule has 0 heterocycles. The van der Waals surface area contributed by atoms with Gasteiger partial charge in [-0.2, -0.15) is 0 Å². The molecule has 0 aliphatic heterocycles. The van der Waals surface area contributed by atoms with Crippen LogP contribution < -0.4 is 5.73 Å². The van der Waals surface area contributed by atoms with E-state index in [1.165, 1.54) is 32.1 Å². The van der Waals surface area contributed by atoms with Crippen molar-refractivity contribution in [1.82, 2.24) is 0 Å². The SMILES string of the molecule is Nc1ccc(Cl)cc1C=NC1CCCCC1. The molecule has 1 saturated carbocycles. The Labute approximate surface area is 102 Å². The van der Waals surface area contributed by atoms with Crippen LogP contribution in [0, 0.1) is 0 Å². The molecule has 0 spiro atoms.